The molecule has 3 N–H and O–H groups in total. The zero-order valence-corrected chi connectivity index (χ0v) is 16.7. The molecule has 1 atom stereocenters. The summed E-state index contributed by atoms with van der Waals surface area (Å²) in [5.74, 6) is 0.328. The third kappa shape index (κ3) is 3.85. The number of hydrogen-bond donors (Lipinski definition) is 2. The van der Waals surface area contributed by atoms with Crippen LogP contribution in [-0.4, -0.2) is 9.97 Å². The summed E-state index contributed by atoms with van der Waals surface area (Å²) in [6, 6.07) is 14.1. The number of aromatic amines is 1. The first kappa shape index (κ1) is 18.8. The molecular weight excluding hydrogens is 397 g/mol. The Morgan fingerprint density at radius 2 is 1.89 bits per heavy atom. The van der Waals surface area contributed by atoms with E-state index in [-0.39, 0.29) is 17.4 Å². The minimum absolute atomic E-state index is 0.173. The summed E-state index contributed by atoms with van der Waals surface area (Å²) >= 11 is 7.36. The Balaban J connectivity index is 1.57. The summed E-state index contributed by atoms with van der Waals surface area (Å²) in [4.78, 5) is 20.9. The van der Waals surface area contributed by atoms with Crippen molar-refractivity contribution < 1.29 is 9.71 Å². The van der Waals surface area contributed by atoms with Crippen LogP contribution in [0.5, 0.6) is 0 Å². The first-order valence-electron chi connectivity index (χ1n) is 8.86. The molecule has 0 fully saturated rings. The number of halogens is 2. The van der Waals surface area contributed by atoms with Crippen LogP contribution in [0.1, 0.15) is 24.4 Å². The Morgan fingerprint density at radius 1 is 1.18 bits per heavy atom. The topological polar surface area (TPSA) is 62.4 Å². The Labute approximate surface area is 170 Å². The molecule has 7 heteroatoms. The molecular formula is C21H18ClFN3OS+. The highest BCUT2D eigenvalue weighted by atomic mass is 35.5. The van der Waals surface area contributed by atoms with E-state index in [1.165, 1.54) is 23.5 Å². The second-order valence-electron chi connectivity index (χ2n) is 6.63. The van der Waals surface area contributed by atoms with Gasteiger partial charge in [0, 0.05) is 21.5 Å². The van der Waals surface area contributed by atoms with Crippen molar-refractivity contribution in [2.24, 2.45) is 0 Å². The highest BCUT2D eigenvalue weighted by Gasteiger charge is 2.15. The quantitative estimate of drug-likeness (QED) is 0.512. The first-order chi connectivity index (χ1) is 13.5. The molecule has 142 valence electrons. The molecule has 0 bridgehead atoms. The van der Waals surface area contributed by atoms with E-state index in [1.54, 1.807) is 12.1 Å². The van der Waals surface area contributed by atoms with Gasteiger partial charge in [0.2, 0.25) is 0 Å². The summed E-state index contributed by atoms with van der Waals surface area (Å²) in [5, 5.41) is 5.26. The molecule has 2 aromatic heterocycles. The molecule has 0 spiro atoms. The first-order valence-corrected chi connectivity index (χ1v) is 10.1. The maximum Gasteiger partial charge on any atom is 0.260 e. The number of rotatable bonds is 5. The van der Waals surface area contributed by atoms with Crippen LogP contribution in [0.15, 0.2) is 58.7 Å². The summed E-state index contributed by atoms with van der Waals surface area (Å²) < 4.78 is 13.2. The molecule has 2 aromatic carbocycles. The van der Waals surface area contributed by atoms with Crippen LogP contribution in [-0.2, 0) is 6.54 Å². The average Bonchev–Trinajstić information content (AvgIpc) is 3.12. The van der Waals surface area contributed by atoms with Crippen molar-refractivity contribution in [2.45, 2.75) is 19.5 Å². The smallest absolute Gasteiger partial charge is 0.260 e. The van der Waals surface area contributed by atoms with Gasteiger partial charge in [0.05, 0.1) is 5.39 Å². The zero-order valence-electron chi connectivity index (χ0n) is 15.1. The molecule has 0 aliphatic rings. The second kappa shape index (κ2) is 7.83. The molecule has 0 aliphatic heterocycles. The van der Waals surface area contributed by atoms with E-state index in [1.807, 2.05) is 29.6 Å². The standard InChI is InChI=1S/C21H17ClFN3OS/c1-12(13-2-6-15(22)7-3-13)24-10-18-25-20(27)19-17(11-28-21(19)26-18)14-4-8-16(23)9-5-14/h2-9,11-12,24H,10H2,1H3,(H,25,26,27)/p+1/t12-/m1/s1. The fourth-order valence-corrected chi connectivity index (χ4v) is 4.22. The Hall–Kier alpha value is -2.54. The van der Waals surface area contributed by atoms with Gasteiger partial charge in [-0.2, -0.15) is 0 Å². The van der Waals surface area contributed by atoms with Gasteiger partial charge in [-0.15, -0.1) is 11.3 Å². The summed E-state index contributed by atoms with van der Waals surface area (Å²) in [7, 11) is 0. The zero-order chi connectivity index (χ0) is 19.7. The van der Waals surface area contributed by atoms with Gasteiger partial charge in [-0.1, -0.05) is 35.9 Å². The van der Waals surface area contributed by atoms with E-state index in [4.69, 9.17) is 11.6 Å². The predicted molar refractivity (Wildman–Crippen MR) is 111 cm³/mol. The number of aromatic nitrogens is 2. The summed E-state index contributed by atoms with van der Waals surface area (Å²) in [6.45, 7) is 2.65. The van der Waals surface area contributed by atoms with Gasteiger partial charge in [-0.3, -0.25) is 4.79 Å². The van der Waals surface area contributed by atoms with E-state index in [0.29, 0.717) is 27.6 Å². The number of quaternary nitrogens is 1. The van der Waals surface area contributed by atoms with Crippen LogP contribution >= 0.6 is 22.9 Å². The van der Waals surface area contributed by atoms with E-state index < -0.39 is 0 Å². The lowest BCUT2D eigenvalue weighted by Crippen LogP contribution is -2.83. The second-order valence-corrected chi connectivity index (χ2v) is 7.92. The highest BCUT2D eigenvalue weighted by molar-refractivity contribution is 7.17. The van der Waals surface area contributed by atoms with Crippen LogP contribution < -0.4 is 10.9 Å². The number of nitrogens with zero attached hydrogens (tertiary/aromatic N) is 1. The number of benzene rings is 2. The largest absolute Gasteiger partial charge is 0.334 e. The molecule has 4 nitrogen and oxygen atoms in total. The van der Waals surface area contributed by atoms with E-state index >= 15 is 0 Å². The van der Waals surface area contributed by atoms with Gasteiger partial charge in [0.1, 0.15) is 23.2 Å². The minimum Gasteiger partial charge on any atom is -0.334 e. The van der Waals surface area contributed by atoms with Gasteiger partial charge in [0.25, 0.3) is 5.56 Å². The molecule has 0 aliphatic carbocycles. The van der Waals surface area contributed by atoms with Crippen molar-refractivity contribution >= 4 is 33.2 Å². The lowest BCUT2D eigenvalue weighted by molar-refractivity contribution is -0.708. The summed E-state index contributed by atoms with van der Waals surface area (Å²) in [5.41, 5.74) is 2.56. The Morgan fingerprint density at radius 3 is 2.61 bits per heavy atom. The SMILES string of the molecule is C[C@@H]([NH2+]Cc1nc2scc(-c3ccc(F)cc3)c2c(=O)[nH]1)c1ccc(Cl)cc1. The molecule has 0 amide bonds. The van der Waals surface area contributed by atoms with Crippen molar-refractivity contribution in [2.75, 3.05) is 0 Å². The molecule has 2 heterocycles. The van der Waals surface area contributed by atoms with E-state index in [9.17, 15) is 9.18 Å². The van der Waals surface area contributed by atoms with Crippen LogP contribution in [0.2, 0.25) is 5.02 Å². The maximum absolute atomic E-state index is 13.2. The summed E-state index contributed by atoms with van der Waals surface area (Å²) in [6.07, 6.45) is 0. The molecule has 0 saturated carbocycles. The number of fused-ring (bicyclic) bond motifs is 1. The molecule has 28 heavy (non-hydrogen) atoms. The fourth-order valence-electron chi connectivity index (χ4n) is 3.12. The van der Waals surface area contributed by atoms with Crippen molar-refractivity contribution in [1.82, 2.24) is 9.97 Å². The van der Waals surface area contributed by atoms with Gasteiger partial charge >= 0.3 is 0 Å². The number of nitrogens with one attached hydrogen (secondary N) is 1. The molecule has 0 unspecified atom stereocenters. The van der Waals surface area contributed by atoms with Crippen molar-refractivity contribution in [3.8, 4) is 11.1 Å². The van der Waals surface area contributed by atoms with Gasteiger partial charge in [-0.05, 0) is 36.8 Å². The third-order valence-electron chi connectivity index (χ3n) is 4.71. The number of thiophene rings is 1. The predicted octanol–water partition coefficient (Wildman–Crippen LogP) is 4.27. The van der Waals surface area contributed by atoms with Crippen molar-refractivity contribution in [3.05, 3.63) is 86.5 Å². The average molecular weight is 415 g/mol. The fraction of sp³-hybridized carbons (Fsp3) is 0.143. The van der Waals surface area contributed by atoms with Gasteiger partial charge < -0.3 is 10.3 Å². The van der Waals surface area contributed by atoms with E-state index in [0.717, 1.165) is 16.7 Å². The van der Waals surface area contributed by atoms with E-state index in [2.05, 4.69) is 22.2 Å². The Kier molecular flexibility index (Phi) is 5.26. The van der Waals surface area contributed by atoms with Crippen LogP contribution in [0.4, 0.5) is 4.39 Å². The number of nitrogens with two attached hydrogens (primary N) is 1. The lowest BCUT2D eigenvalue weighted by atomic mass is 10.1. The Bertz CT molecular complexity index is 1170. The third-order valence-corrected chi connectivity index (χ3v) is 5.83. The number of hydrogen-bond acceptors (Lipinski definition) is 3. The lowest BCUT2D eigenvalue weighted by Gasteiger charge is -2.10. The van der Waals surface area contributed by atoms with Crippen LogP contribution in [0.25, 0.3) is 21.3 Å². The molecule has 4 rings (SSSR count). The van der Waals surface area contributed by atoms with Gasteiger partial charge in [0.15, 0.2) is 5.82 Å². The van der Waals surface area contributed by atoms with Crippen LogP contribution in [0, 0.1) is 5.82 Å². The van der Waals surface area contributed by atoms with Crippen LogP contribution in [0.3, 0.4) is 0 Å². The maximum atomic E-state index is 13.2. The number of H-pyrrole nitrogens is 1. The molecule has 0 radical (unpaired) electrons. The normalized spacial score (nSPS) is 12.4. The van der Waals surface area contributed by atoms with Crippen molar-refractivity contribution in [1.29, 1.82) is 0 Å². The van der Waals surface area contributed by atoms with Gasteiger partial charge in [-0.25, -0.2) is 9.37 Å². The molecule has 4 aromatic rings. The minimum atomic E-state index is -0.303. The molecule has 0 saturated heterocycles. The van der Waals surface area contributed by atoms with Crippen molar-refractivity contribution in [3.63, 3.8) is 0 Å². The highest BCUT2D eigenvalue weighted by Crippen LogP contribution is 2.30. The monoisotopic (exact) mass is 414 g/mol.